The number of benzene rings is 2. The lowest BCUT2D eigenvalue weighted by molar-refractivity contribution is -0.122. The zero-order chi connectivity index (χ0) is 19.6. The van der Waals surface area contributed by atoms with E-state index in [1.807, 2.05) is 6.07 Å². The maximum atomic E-state index is 13.0. The fraction of sp³-hybridized carbons (Fsp3) is 0.263. The van der Waals surface area contributed by atoms with Gasteiger partial charge in [0.1, 0.15) is 24.1 Å². The highest BCUT2D eigenvalue weighted by molar-refractivity contribution is 6.32. The van der Waals surface area contributed by atoms with Crippen LogP contribution in [0.15, 0.2) is 36.4 Å². The Balaban J connectivity index is 1.85. The molecule has 0 bridgehead atoms. The minimum Gasteiger partial charge on any atom is -0.495 e. The van der Waals surface area contributed by atoms with Gasteiger partial charge in [-0.05, 0) is 25.1 Å². The van der Waals surface area contributed by atoms with Crippen LogP contribution in [0.4, 0.5) is 17.1 Å². The van der Waals surface area contributed by atoms with E-state index in [4.69, 9.17) is 21.1 Å². The van der Waals surface area contributed by atoms with Crippen LogP contribution < -0.4 is 25.0 Å². The van der Waals surface area contributed by atoms with Crippen molar-refractivity contribution in [1.29, 1.82) is 0 Å². The lowest BCUT2D eigenvalue weighted by Gasteiger charge is -2.31. The molecule has 8 heteroatoms. The third-order valence-electron chi connectivity index (χ3n) is 4.25. The molecule has 3 rings (SSSR count). The number of rotatable bonds is 5. The number of amides is 2. The molecule has 1 atom stereocenters. The first-order valence-corrected chi connectivity index (χ1v) is 8.70. The molecule has 0 saturated heterocycles. The van der Waals surface area contributed by atoms with E-state index in [0.29, 0.717) is 33.6 Å². The van der Waals surface area contributed by atoms with Gasteiger partial charge in [-0.3, -0.25) is 14.5 Å². The zero-order valence-corrected chi connectivity index (χ0v) is 16.0. The van der Waals surface area contributed by atoms with Crippen molar-refractivity contribution in [2.75, 3.05) is 36.3 Å². The molecular weight excluding hydrogens is 370 g/mol. The van der Waals surface area contributed by atoms with Gasteiger partial charge >= 0.3 is 0 Å². The molecule has 0 spiro atoms. The number of carbonyl (C=O) groups excluding carboxylic acids is 2. The molecule has 2 aromatic rings. The molecule has 1 aliphatic rings. The number of para-hydroxylation sites is 2. The Kier molecular flexibility index (Phi) is 5.41. The van der Waals surface area contributed by atoms with Gasteiger partial charge < -0.3 is 20.1 Å². The Hall–Kier alpha value is -2.93. The maximum Gasteiger partial charge on any atom is 0.249 e. The summed E-state index contributed by atoms with van der Waals surface area (Å²) in [4.78, 5) is 26.4. The van der Waals surface area contributed by atoms with E-state index in [1.165, 1.54) is 19.1 Å². The number of carbonyl (C=O) groups is 2. The van der Waals surface area contributed by atoms with Gasteiger partial charge in [-0.15, -0.1) is 0 Å². The second kappa shape index (κ2) is 7.75. The van der Waals surface area contributed by atoms with Crippen molar-refractivity contribution in [2.45, 2.75) is 13.0 Å². The topological polar surface area (TPSA) is 79.9 Å². The van der Waals surface area contributed by atoms with Gasteiger partial charge in [-0.2, -0.15) is 0 Å². The summed E-state index contributed by atoms with van der Waals surface area (Å²) in [5.74, 6) is 0.484. The van der Waals surface area contributed by atoms with E-state index in [-0.39, 0.29) is 18.4 Å². The number of fused-ring (bicyclic) bond motifs is 1. The van der Waals surface area contributed by atoms with Crippen molar-refractivity contribution in [3.63, 3.8) is 0 Å². The van der Waals surface area contributed by atoms with Gasteiger partial charge in [0, 0.05) is 6.07 Å². The van der Waals surface area contributed by atoms with Crippen LogP contribution in [-0.2, 0) is 9.59 Å². The van der Waals surface area contributed by atoms with Crippen molar-refractivity contribution < 1.29 is 19.1 Å². The summed E-state index contributed by atoms with van der Waals surface area (Å²) < 4.78 is 10.5. The van der Waals surface area contributed by atoms with Gasteiger partial charge in [0.2, 0.25) is 11.8 Å². The molecule has 2 amide bonds. The Morgan fingerprint density at radius 3 is 2.63 bits per heavy atom. The van der Waals surface area contributed by atoms with E-state index in [1.54, 1.807) is 37.3 Å². The first kappa shape index (κ1) is 18.8. The van der Waals surface area contributed by atoms with Crippen LogP contribution in [0.1, 0.15) is 6.92 Å². The van der Waals surface area contributed by atoms with Crippen molar-refractivity contribution in [3.05, 3.63) is 41.4 Å². The Morgan fingerprint density at radius 1 is 1.22 bits per heavy atom. The van der Waals surface area contributed by atoms with Crippen LogP contribution in [0.3, 0.4) is 0 Å². The first-order chi connectivity index (χ1) is 12.9. The summed E-state index contributed by atoms with van der Waals surface area (Å²) in [6, 6.07) is 9.84. The summed E-state index contributed by atoms with van der Waals surface area (Å²) in [5.41, 5.74) is 1.83. The van der Waals surface area contributed by atoms with E-state index in [2.05, 4.69) is 10.6 Å². The highest BCUT2D eigenvalue weighted by Crippen LogP contribution is 2.36. The number of nitrogens with one attached hydrogen (secondary N) is 2. The van der Waals surface area contributed by atoms with Crippen LogP contribution in [-0.4, -0.2) is 38.6 Å². The van der Waals surface area contributed by atoms with Crippen LogP contribution in [0.5, 0.6) is 11.5 Å². The van der Waals surface area contributed by atoms with Crippen LogP contribution >= 0.6 is 11.6 Å². The first-order valence-electron chi connectivity index (χ1n) is 8.33. The standard InChI is InChI=1S/C19H20ClN3O4/c1-11(21-14-8-12(20)16(26-2)9-17(14)27-3)19(25)23-10-18(24)22-13-6-4-5-7-15(13)23/h4-9,11,21H,10H2,1-3H3,(H,22,24)/t11-/m1/s1. The number of hydrogen-bond acceptors (Lipinski definition) is 5. The minimum absolute atomic E-state index is 0.0393. The number of anilines is 3. The molecule has 7 nitrogen and oxygen atoms in total. The number of ether oxygens (including phenoxy) is 2. The quantitative estimate of drug-likeness (QED) is 0.821. The predicted octanol–water partition coefficient (Wildman–Crippen LogP) is 3.14. The van der Waals surface area contributed by atoms with Gasteiger partial charge in [-0.25, -0.2) is 0 Å². The highest BCUT2D eigenvalue weighted by atomic mass is 35.5. The van der Waals surface area contributed by atoms with E-state index in [0.717, 1.165) is 0 Å². The molecular formula is C19H20ClN3O4. The highest BCUT2D eigenvalue weighted by Gasteiger charge is 2.30. The summed E-state index contributed by atoms with van der Waals surface area (Å²) in [6.07, 6.45) is 0. The molecule has 0 aliphatic carbocycles. The van der Waals surface area contributed by atoms with Gasteiger partial charge in [0.25, 0.3) is 0 Å². The zero-order valence-electron chi connectivity index (χ0n) is 15.2. The lowest BCUT2D eigenvalue weighted by atomic mass is 10.1. The minimum atomic E-state index is -0.623. The molecule has 1 aliphatic heterocycles. The summed E-state index contributed by atoms with van der Waals surface area (Å²) in [7, 11) is 3.03. The Bertz CT molecular complexity index is 887. The van der Waals surface area contributed by atoms with E-state index < -0.39 is 6.04 Å². The maximum absolute atomic E-state index is 13.0. The van der Waals surface area contributed by atoms with E-state index >= 15 is 0 Å². The normalized spacial score (nSPS) is 14.1. The third kappa shape index (κ3) is 3.78. The van der Waals surface area contributed by atoms with Crippen molar-refractivity contribution in [1.82, 2.24) is 0 Å². The molecule has 1 heterocycles. The average molecular weight is 390 g/mol. The molecule has 142 valence electrons. The second-order valence-corrected chi connectivity index (χ2v) is 6.45. The van der Waals surface area contributed by atoms with Crippen LogP contribution in [0.25, 0.3) is 0 Å². The average Bonchev–Trinajstić information content (AvgIpc) is 2.66. The van der Waals surface area contributed by atoms with E-state index in [9.17, 15) is 9.59 Å². The van der Waals surface area contributed by atoms with Gasteiger partial charge in [-0.1, -0.05) is 23.7 Å². The van der Waals surface area contributed by atoms with Crippen molar-refractivity contribution >= 4 is 40.5 Å². The molecule has 0 saturated carbocycles. The number of methoxy groups -OCH3 is 2. The fourth-order valence-corrected chi connectivity index (χ4v) is 3.17. The largest absolute Gasteiger partial charge is 0.495 e. The number of hydrogen-bond donors (Lipinski definition) is 2. The SMILES string of the molecule is COc1cc(OC)c(N[C@H](C)C(=O)N2CC(=O)Nc3ccccc32)cc1Cl. The van der Waals surface area contributed by atoms with Crippen molar-refractivity contribution in [2.24, 2.45) is 0 Å². The lowest BCUT2D eigenvalue weighted by Crippen LogP contribution is -2.47. The number of nitrogens with zero attached hydrogens (tertiary/aromatic N) is 1. The van der Waals surface area contributed by atoms with Gasteiger partial charge in [0.05, 0.1) is 36.3 Å². The third-order valence-corrected chi connectivity index (χ3v) is 4.55. The monoisotopic (exact) mass is 389 g/mol. The molecule has 0 fully saturated rings. The molecule has 27 heavy (non-hydrogen) atoms. The number of halogens is 1. The Labute approximate surface area is 162 Å². The molecule has 2 N–H and O–H groups in total. The molecule has 0 aromatic heterocycles. The molecule has 0 radical (unpaired) electrons. The second-order valence-electron chi connectivity index (χ2n) is 6.04. The Morgan fingerprint density at radius 2 is 1.93 bits per heavy atom. The molecule has 0 unspecified atom stereocenters. The summed E-state index contributed by atoms with van der Waals surface area (Å²) in [6.45, 7) is 1.68. The predicted molar refractivity (Wildman–Crippen MR) is 105 cm³/mol. The van der Waals surface area contributed by atoms with Crippen LogP contribution in [0, 0.1) is 0 Å². The summed E-state index contributed by atoms with van der Waals surface area (Å²) in [5, 5.41) is 6.27. The van der Waals surface area contributed by atoms with Crippen molar-refractivity contribution in [3.8, 4) is 11.5 Å². The van der Waals surface area contributed by atoms with Gasteiger partial charge in [0.15, 0.2) is 0 Å². The fourth-order valence-electron chi connectivity index (χ4n) is 2.93. The van der Waals surface area contributed by atoms with Crippen LogP contribution in [0.2, 0.25) is 5.02 Å². The molecule has 2 aromatic carbocycles. The smallest absolute Gasteiger partial charge is 0.249 e. The summed E-state index contributed by atoms with van der Waals surface area (Å²) >= 11 is 6.19.